The SMILES string of the molecule is Cc1cc(N=Nc2ccccc2)ccc1N/N=C(\C#N)C(=N)N. The van der Waals surface area contributed by atoms with Gasteiger partial charge < -0.3 is 5.73 Å². The third kappa shape index (κ3) is 4.47. The number of hydrogen-bond donors (Lipinski definition) is 3. The monoisotopic (exact) mass is 305 g/mol. The van der Waals surface area contributed by atoms with Crippen LogP contribution in [0.5, 0.6) is 0 Å². The molecule has 0 bridgehead atoms. The van der Waals surface area contributed by atoms with Crippen molar-refractivity contribution in [3.8, 4) is 6.07 Å². The molecule has 23 heavy (non-hydrogen) atoms. The first kappa shape index (κ1) is 15.9. The van der Waals surface area contributed by atoms with Crippen molar-refractivity contribution < 1.29 is 0 Å². The molecule has 0 radical (unpaired) electrons. The maximum absolute atomic E-state index is 8.80. The minimum absolute atomic E-state index is 0.169. The first-order valence-electron chi connectivity index (χ1n) is 6.76. The van der Waals surface area contributed by atoms with Crippen molar-refractivity contribution >= 4 is 28.6 Å². The van der Waals surface area contributed by atoms with Gasteiger partial charge in [0.15, 0.2) is 5.84 Å². The van der Waals surface area contributed by atoms with Gasteiger partial charge in [0.1, 0.15) is 6.07 Å². The first-order chi connectivity index (χ1) is 11.1. The Balaban J connectivity index is 2.14. The molecule has 0 aromatic heterocycles. The average molecular weight is 305 g/mol. The van der Waals surface area contributed by atoms with Crippen molar-refractivity contribution in [3.63, 3.8) is 0 Å². The van der Waals surface area contributed by atoms with Crippen LogP contribution in [0.4, 0.5) is 17.1 Å². The van der Waals surface area contributed by atoms with Crippen LogP contribution in [0.1, 0.15) is 5.56 Å². The first-order valence-corrected chi connectivity index (χ1v) is 6.76. The third-order valence-corrected chi connectivity index (χ3v) is 2.90. The number of nitrogens with one attached hydrogen (secondary N) is 2. The van der Waals surface area contributed by atoms with E-state index in [9.17, 15) is 0 Å². The number of nitrogens with zero attached hydrogens (tertiary/aromatic N) is 4. The molecule has 4 N–H and O–H groups in total. The van der Waals surface area contributed by atoms with Crippen molar-refractivity contribution in [2.45, 2.75) is 6.92 Å². The van der Waals surface area contributed by atoms with Crippen LogP contribution >= 0.6 is 0 Å². The minimum atomic E-state index is -0.383. The number of benzene rings is 2. The Morgan fingerprint density at radius 1 is 1.13 bits per heavy atom. The molecule has 0 aliphatic carbocycles. The van der Waals surface area contributed by atoms with Gasteiger partial charge in [0.25, 0.3) is 0 Å². The summed E-state index contributed by atoms with van der Waals surface area (Å²) in [6, 6.07) is 16.6. The zero-order valence-corrected chi connectivity index (χ0v) is 12.5. The van der Waals surface area contributed by atoms with E-state index in [1.807, 2.05) is 43.3 Å². The minimum Gasteiger partial charge on any atom is -0.382 e. The Hall–Kier alpha value is -3.53. The highest BCUT2D eigenvalue weighted by atomic mass is 15.3. The number of hydrogen-bond acceptors (Lipinski definition) is 6. The number of azo groups is 1. The summed E-state index contributed by atoms with van der Waals surface area (Å²) in [7, 11) is 0. The molecule has 2 aromatic carbocycles. The number of nitriles is 1. The Bertz CT molecular complexity index is 801. The standard InChI is InChI=1S/C16H15N7/c1-11-9-13(21-20-12-5-3-2-4-6-12)7-8-14(11)22-23-15(10-17)16(18)19/h2-9,22H,1H3,(H3,18,19)/b21-20?,23-15+. The summed E-state index contributed by atoms with van der Waals surface area (Å²) in [6.45, 7) is 1.87. The molecule has 7 heteroatoms. The van der Waals surface area contributed by atoms with E-state index in [2.05, 4.69) is 20.8 Å². The van der Waals surface area contributed by atoms with Crippen LogP contribution in [0.2, 0.25) is 0 Å². The Morgan fingerprint density at radius 3 is 2.43 bits per heavy atom. The van der Waals surface area contributed by atoms with Gasteiger partial charge in [-0.3, -0.25) is 10.8 Å². The molecule has 0 heterocycles. The molecule has 7 nitrogen and oxygen atoms in total. The normalized spacial score (nSPS) is 11.2. The second-order valence-corrected chi connectivity index (χ2v) is 4.63. The Labute approximate surface area is 133 Å². The molecule has 2 aromatic rings. The number of rotatable bonds is 5. The van der Waals surface area contributed by atoms with Crippen LogP contribution in [-0.4, -0.2) is 11.5 Å². The molecule has 0 aliphatic rings. The molecule has 0 aliphatic heterocycles. The van der Waals surface area contributed by atoms with E-state index >= 15 is 0 Å². The fourth-order valence-electron chi connectivity index (χ4n) is 1.71. The van der Waals surface area contributed by atoms with Crippen molar-refractivity contribution in [3.05, 3.63) is 54.1 Å². The smallest absolute Gasteiger partial charge is 0.201 e. The van der Waals surface area contributed by atoms with Crippen molar-refractivity contribution in [2.75, 3.05) is 5.43 Å². The molecule has 0 saturated carbocycles. The summed E-state index contributed by atoms with van der Waals surface area (Å²) in [4.78, 5) is 0. The van der Waals surface area contributed by atoms with Gasteiger partial charge >= 0.3 is 0 Å². The lowest BCUT2D eigenvalue weighted by Crippen LogP contribution is -2.21. The predicted molar refractivity (Wildman–Crippen MR) is 90.4 cm³/mol. The van der Waals surface area contributed by atoms with Crippen molar-refractivity contribution in [1.82, 2.24) is 0 Å². The van der Waals surface area contributed by atoms with Gasteiger partial charge in [0, 0.05) is 0 Å². The molecule has 2 rings (SSSR count). The summed E-state index contributed by atoms with van der Waals surface area (Å²) >= 11 is 0. The zero-order chi connectivity index (χ0) is 16.7. The van der Waals surface area contributed by atoms with E-state index in [0.29, 0.717) is 11.4 Å². The van der Waals surface area contributed by atoms with E-state index in [1.54, 1.807) is 18.2 Å². The van der Waals surface area contributed by atoms with E-state index in [4.69, 9.17) is 16.4 Å². The molecule has 114 valence electrons. The summed E-state index contributed by atoms with van der Waals surface area (Å²) in [5.41, 5.74) is 10.8. The summed E-state index contributed by atoms with van der Waals surface area (Å²) in [5.74, 6) is -0.383. The largest absolute Gasteiger partial charge is 0.382 e. The van der Waals surface area contributed by atoms with E-state index in [0.717, 1.165) is 11.3 Å². The maximum atomic E-state index is 8.80. The second-order valence-electron chi connectivity index (χ2n) is 4.63. The molecule has 0 saturated heterocycles. The fraction of sp³-hybridized carbons (Fsp3) is 0.0625. The summed E-state index contributed by atoms with van der Waals surface area (Å²) in [6.07, 6.45) is 0. The number of aryl methyl sites for hydroxylation is 1. The van der Waals surface area contributed by atoms with Gasteiger partial charge in [0.2, 0.25) is 5.71 Å². The van der Waals surface area contributed by atoms with E-state index in [1.165, 1.54) is 0 Å². The molecule has 0 fully saturated rings. The number of anilines is 1. The van der Waals surface area contributed by atoms with Gasteiger partial charge in [-0.2, -0.15) is 20.6 Å². The lowest BCUT2D eigenvalue weighted by molar-refractivity contribution is 1.22. The Morgan fingerprint density at radius 2 is 1.83 bits per heavy atom. The molecular weight excluding hydrogens is 290 g/mol. The molecular formula is C16H15N7. The van der Waals surface area contributed by atoms with Crippen LogP contribution in [0.15, 0.2) is 63.9 Å². The van der Waals surface area contributed by atoms with Gasteiger partial charge in [0.05, 0.1) is 17.1 Å². The average Bonchev–Trinajstić information content (AvgIpc) is 2.55. The molecule has 0 spiro atoms. The quantitative estimate of drug-likeness (QED) is 0.338. The van der Waals surface area contributed by atoms with Gasteiger partial charge in [-0.15, -0.1) is 0 Å². The maximum Gasteiger partial charge on any atom is 0.201 e. The number of nitrogens with two attached hydrogens (primary N) is 1. The highest BCUT2D eigenvalue weighted by molar-refractivity contribution is 6.45. The number of hydrazone groups is 1. The lowest BCUT2D eigenvalue weighted by atomic mass is 10.2. The Kier molecular flexibility index (Phi) is 5.15. The topological polar surface area (TPSA) is 123 Å². The molecule has 0 atom stereocenters. The van der Waals surface area contributed by atoms with Gasteiger partial charge in [-0.05, 0) is 42.8 Å². The molecule has 0 unspecified atom stereocenters. The van der Waals surface area contributed by atoms with Crippen LogP contribution in [-0.2, 0) is 0 Å². The number of amidine groups is 1. The highest BCUT2D eigenvalue weighted by Crippen LogP contribution is 2.23. The summed E-state index contributed by atoms with van der Waals surface area (Å²) < 4.78 is 0. The van der Waals surface area contributed by atoms with Crippen LogP contribution in [0, 0.1) is 23.7 Å². The third-order valence-electron chi connectivity index (χ3n) is 2.90. The van der Waals surface area contributed by atoms with Crippen molar-refractivity contribution in [2.24, 2.45) is 21.1 Å². The van der Waals surface area contributed by atoms with E-state index in [-0.39, 0.29) is 11.5 Å². The molecule has 0 amide bonds. The van der Waals surface area contributed by atoms with Gasteiger partial charge in [-0.1, -0.05) is 18.2 Å². The fourth-order valence-corrected chi connectivity index (χ4v) is 1.71. The zero-order valence-electron chi connectivity index (χ0n) is 12.5. The highest BCUT2D eigenvalue weighted by Gasteiger charge is 2.03. The lowest BCUT2D eigenvalue weighted by Gasteiger charge is -2.05. The van der Waals surface area contributed by atoms with Crippen LogP contribution in [0.3, 0.4) is 0 Å². The van der Waals surface area contributed by atoms with Crippen LogP contribution < -0.4 is 11.2 Å². The van der Waals surface area contributed by atoms with Gasteiger partial charge in [-0.25, -0.2) is 0 Å². The predicted octanol–water partition coefficient (Wildman–Crippen LogP) is 3.64. The second kappa shape index (κ2) is 7.47. The van der Waals surface area contributed by atoms with Crippen molar-refractivity contribution in [1.29, 1.82) is 10.7 Å². The van der Waals surface area contributed by atoms with Crippen LogP contribution in [0.25, 0.3) is 0 Å². The van der Waals surface area contributed by atoms with E-state index < -0.39 is 0 Å². The summed E-state index contributed by atoms with van der Waals surface area (Å²) in [5, 5.41) is 28.1.